The second-order valence-corrected chi connectivity index (χ2v) is 6.57. The van der Waals surface area contributed by atoms with Gasteiger partial charge in [-0.1, -0.05) is 49.4 Å². The predicted molar refractivity (Wildman–Crippen MR) is 104 cm³/mol. The van der Waals surface area contributed by atoms with E-state index < -0.39 is 0 Å². The number of carbonyl (C=O) groups excluding carboxylic acids is 2. The Morgan fingerprint density at radius 3 is 2.31 bits per heavy atom. The lowest BCUT2D eigenvalue weighted by atomic mass is 10.1. The van der Waals surface area contributed by atoms with Crippen molar-refractivity contribution in [1.29, 1.82) is 0 Å². The van der Waals surface area contributed by atoms with Crippen molar-refractivity contribution in [2.75, 3.05) is 25.5 Å². The van der Waals surface area contributed by atoms with Crippen LogP contribution in [-0.4, -0.2) is 32.0 Å². The van der Waals surface area contributed by atoms with Gasteiger partial charge < -0.3 is 15.5 Å². The van der Waals surface area contributed by atoms with E-state index in [2.05, 4.69) is 29.7 Å². The summed E-state index contributed by atoms with van der Waals surface area (Å²) in [5.41, 5.74) is 4.33. The number of benzene rings is 2. The second kappa shape index (κ2) is 9.73. The van der Waals surface area contributed by atoms with Crippen LogP contribution >= 0.6 is 0 Å². The van der Waals surface area contributed by atoms with Crippen molar-refractivity contribution >= 4 is 17.5 Å². The fourth-order valence-electron chi connectivity index (χ4n) is 2.86. The monoisotopic (exact) mass is 354 g/mol. The molecule has 26 heavy (non-hydrogen) atoms. The van der Waals surface area contributed by atoms with Gasteiger partial charge in [0, 0.05) is 11.3 Å². The van der Waals surface area contributed by atoms with Crippen molar-refractivity contribution < 1.29 is 14.5 Å². The van der Waals surface area contributed by atoms with Gasteiger partial charge in [-0.15, -0.1) is 0 Å². The highest BCUT2D eigenvalue weighted by atomic mass is 16.2. The maximum atomic E-state index is 12.1. The summed E-state index contributed by atoms with van der Waals surface area (Å²) in [6, 6.07) is 15.9. The number of quaternary nitrogens is 1. The Morgan fingerprint density at radius 2 is 1.62 bits per heavy atom. The molecule has 0 heterocycles. The number of carbonyl (C=O) groups is 2. The van der Waals surface area contributed by atoms with Crippen LogP contribution in [0.5, 0.6) is 0 Å². The number of hydrogen-bond acceptors (Lipinski definition) is 2. The third kappa shape index (κ3) is 6.01. The summed E-state index contributed by atoms with van der Waals surface area (Å²) >= 11 is 0. The Kier molecular flexibility index (Phi) is 7.36. The first kappa shape index (κ1) is 19.7. The van der Waals surface area contributed by atoms with E-state index in [1.807, 2.05) is 50.4 Å². The maximum absolute atomic E-state index is 12.1. The van der Waals surface area contributed by atoms with Crippen LogP contribution in [0.4, 0.5) is 5.69 Å². The van der Waals surface area contributed by atoms with E-state index >= 15 is 0 Å². The summed E-state index contributed by atoms with van der Waals surface area (Å²) in [6.45, 7) is 5.19. The number of amides is 2. The molecule has 0 aliphatic carbocycles. The second-order valence-electron chi connectivity index (χ2n) is 6.57. The van der Waals surface area contributed by atoms with E-state index in [4.69, 9.17) is 0 Å². The molecule has 2 amide bonds. The van der Waals surface area contributed by atoms with Gasteiger partial charge >= 0.3 is 0 Å². The molecular weight excluding hydrogens is 326 g/mol. The normalized spacial score (nSPS) is 11.7. The zero-order valence-corrected chi connectivity index (χ0v) is 15.8. The van der Waals surface area contributed by atoms with E-state index in [1.54, 1.807) is 0 Å². The van der Waals surface area contributed by atoms with Crippen LogP contribution in [0.3, 0.4) is 0 Å². The average molecular weight is 354 g/mol. The summed E-state index contributed by atoms with van der Waals surface area (Å²) in [5.74, 6) is -0.342. The van der Waals surface area contributed by atoms with Crippen molar-refractivity contribution in [3.05, 3.63) is 65.2 Å². The number of rotatable bonds is 8. The van der Waals surface area contributed by atoms with Gasteiger partial charge in [0.15, 0.2) is 6.54 Å². The molecule has 2 aromatic rings. The third-order valence-corrected chi connectivity index (χ3v) is 4.33. The van der Waals surface area contributed by atoms with E-state index in [0.717, 1.165) is 29.1 Å². The molecule has 0 fully saturated rings. The molecule has 2 rings (SSSR count). The molecule has 0 radical (unpaired) electrons. The van der Waals surface area contributed by atoms with Crippen LogP contribution < -0.4 is 15.5 Å². The molecule has 0 bridgehead atoms. The molecule has 1 unspecified atom stereocenters. The SMILES string of the molecule is CCc1ccccc1NC(=O)CNC(=O)C[NH+](C)Cc1ccccc1C. The number of nitrogens with one attached hydrogen (secondary N) is 3. The number of para-hydroxylation sites is 1. The molecule has 0 aromatic heterocycles. The lowest BCUT2D eigenvalue weighted by Gasteiger charge is -2.15. The molecule has 0 saturated carbocycles. The molecule has 1 atom stereocenters. The maximum Gasteiger partial charge on any atom is 0.275 e. The minimum absolute atomic E-state index is 0.0193. The van der Waals surface area contributed by atoms with Gasteiger partial charge in [0.05, 0.1) is 13.6 Å². The largest absolute Gasteiger partial charge is 0.342 e. The quantitative estimate of drug-likeness (QED) is 0.670. The van der Waals surface area contributed by atoms with Crippen molar-refractivity contribution in [2.45, 2.75) is 26.8 Å². The smallest absolute Gasteiger partial charge is 0.275 e. The topological polar surface area (TPSA) is 62.6 Å². The minimum atomic E-state index is -0.212. The van der Waals surface area contributed by atoms with E-state index in [9.17, 15) is 9.59 Å². The summed E-state index contributed by atoms with van der Waals surface area (Å²) < 4.78 is 0. The molecule has 5 heteroatoms. The molecule has 5 nitrogen and oxygen atoms in total. The lowest BCUT2D eigenvalue weighted by Crippen LogP contribution is -3.09. The Morgan fingerprint density at radius 1 is 0.962 bits per heavy atom. The summed E-state index contributed by atoms with van der Waals surface area (Å²) in [6.07, 6.45) is 0.843. The number of anilines is 1. The zero-order valence-electron chi connectivity index (χ0n) is 15.8. The fourth-order valence-corrected chi connectivity index (χ4v) is 2.86. The van der Waals surface area contributed by atoms with Crippen molar-refractivity contribution in [2.24, 2.45) is 0 Å². The van der Waals surface area contributed by atoms with Crippen LogP contribution in [-0.2, 0) is 22.6 Å². The highest BCUT2D eigenvalue weighted by Gasteiger charge is 2.13. The van der Waals surface area contributed by atoms with Crippen molar-refractivity contribution in [1.82, 2.24) is 5.32 Å². The van der Waals surface area contributed by atoms with Crippen LogP contribution in [0.15, 0.2) is 48.5 Å². The van der Waals surface area contributed by atoms with Gasteiger partial charge in [-0.05, 0) is 30.5 Å². The average Bonchev–Trinajstić information content (AvgIpc) is 2.62. The molecule has 0 spiro atoms. The Labute approximate surface area is 155 Å². The van der Waals surface area contributed by atoms with Gasteiger partial charge in [-0.2, -0.15) is 0 Å². The fraction of sp³-hybridized carbons (Fsp3) is 0.333. The van der Waals surface area contributed by atoms with Gasteiger partial charge in [0.25, 0.3) is 5.91 Å². The number of aryl methyl sites for hydroxylation is 2. The third-order valence-electron chi connectivity index (χ3n) is 4.33. The van der Waals surface area contributed by atoms with Crippen LogP contribution in [0.2, 0.25) is 0 Å². The van der Waals surface area contributed by atoms with Gasteiger partial charge in [0.2, 0.25) is 5.91 Å². The van der Waals surface area contributed by atoms with Crippen LogP contribution in [0.25, 0.3) is 0 Å². The molecule has 138 valence electrons. The molecular formula is C21H28N3O2+. The first-order valence-electron chi connectivity index (χ1n) is 8.99. The standard InChI is InChI=1S/C21H27N3O2/c1-4-17-10-7-8-12-19(17)23-20(25)13-22-21(26)15-24(3)14-18-11-6-5-9-16(18)2/h5-12H,4,13-15H2,1-3H3,(H,22,26)(H,23,25)/p+1. The summed E-state index contributed by atoms with van der Waals surface area (Å²) in [7, 11) is 1.98. The predicted octanol–water partition coefficient (Wildman–Crippen LogP) is 1.33. The number of likely N-dealkylation sites (N-methyl/N-ethyl adjacent to an activating group) is 1. The van der Waals surface area contributed by atoms with Gasteiger partial charge in [-0.3, -0.25) is 9.59 Å². The summed E-state index contributed by atoms with van der Waals surface area (Å²) in [5, 5.41) is 5.56. The highest BCUT2D eigenvalue weighted by Crippen LogP contribution is 2.14. The first-order chi connectivity index (χ1) is 12.5. The van der Waals surface area contributed by atoms with Gasteiger partial charge in [0.1, 0.15) is 6.54 Å². The zero-order chi connectivity index (χ0) is 18.9. The molecule has 2 aromatic carbocycles. The Balaban J connectivity index is 1.77. The van der Waals surface area contributed by atoms with E-state index in [0.29, 0.717) is 6.54 Å². The molecule has 0 aliphatic rings. The van der Waals surface area contributed by atoms with Crippen molar-refractivity contribution in [3.8, 4) is 0 Å². The van der Waals surface area contributed by atoms with Crippen molar-refractivity contribution in [3.63, 3.8) is 0 Å². The van der Waals surface area contributed by atoms with E-state index in [1.165, 1.54) is 11.1 Å². The molecule has 0 saturated heterocycles. The number of hydrogen-bond donors (Lipinski definition) is 3. The summed E-state index contributed by atoms with van der Waals surface area (Å²) in [4.78, 5) is 25.2. The Bertz CT molecular complexity index is 758. The molecule has 0 aliphatic heterocycles. The Hall–Kier alpha value is -2.66. The first-order valence-corrected chi connectivity index (χ1v) is 8.99. The lowest BCUT2D eigenvalue weighted by molar-refractivity contribution is -0.885. The molecule has 3 N–H and O–H groups in total. The van der Waals surface area contributed by atoms with Crippen LogP contribution in [0, 0.1) is 6.92 Å². The van der Waals surface area contributed by atoms with E-state index in [-0.39, 0.29) is 18.4 Å². The van der Waals surface area contributed by atoms with Crippen LogP contribution in [0.1, 0.15) is 23.6 Å². The highest BCUT2D eigenvalue weighted by molar-refractivity contribution is 5.95. The minimum Gasteiger partial charge on any atom is -0.342 e. The van der Waals surface area contributed by atoms with Gasteiger partial charge in [-0.25, -0.2) is 0 Å².